The van der Waals surface area contributed by atoms with E-state index in [1.807, 2.05) is 37.3 Å². The predicted octanol–water partition coefficient (Wildman–Crippen LogP) is 1.57. The van der Waals surface area contributed by atoms with Crippen molar-refractivity contribution in [3.63, 3.8) is 0 Å². The van der Waals surface area contributed by atoms with Crippen molar-refractivity contribution in [2.75, 3.05) is 6.61 Å². The molecule has 0 unspecified atom stereocenters. The van der Waals surface area contributed by atoms with Crippen LogP contribution >= 0.6 is 0 Å². The van der Waals surface area contributed by atoms with E-state index in [-0.39, 0.29) is 6.61 Å². The number of ether oxygens (including phenoxy) is 1. The number of aryl methyl sites for hydroxylation is 1. The fourth-order valence-corrected chi connectivity index (χ4v) is 1.71. The van der Waals surface area contributed by atoms with Gasteiger partial charge in [-0.2, -0.15) is 4.98 Å². The molecular formula is C14H17N3O2. The van der Waals surface area contributed by atoms with Crippen LogP contribution in [0.15, 0.2) is 30.3 Å². The van der Waals surface area contributed by atoms with Crippen LogP contribution in [0, 0.1) is 6.92 Å². The van der Waals surface area contributed by atoms with E-state index >= 15 is 0 Å². The van der Waals surface area contributed by atoms with Crippen LogP contribution in [-0.4, -0.2) is 21.7 Å². The maximum atomic E-state index is 8.85. The second-order valence-electron chi connectivity index (χ2n) is 4.21. The zero-order valence-electron chi connectivity index (χ0n) is 10.8. The number of aliphatic hydroxyl groups is 1. The summed E-state index contributed by atoms with van der Waals surface area (Å²) in [6.07, 6.45) is 0.637. The molecule has 0 spiro atoms. The number of benzene rings is 1. The lowest BCUT2D eigenvalue weighted by molar-refractivity contribution is 0.299. The highest BCUT2D eigenvalue weighted by molar-refractivity contribution is 5.29. The van der Waals surface area contributed by atoms with Crippen molar-refractivity contribution < 1.29 is 9.84 Å². The smallest absolute Gasteiger partial charge is 0.322 e. The van der Waals surface area contributed by atoms with Crippen LogP contribution in [0.4, 0.5) is 0 Å². The first-order valence-corrected chi connectivity index (χ1v) is 6.13. The standard InChI is InChI=1S/C14H17N3O2/c1-10-8-12(9-15)17-14(16-10)19-13-4-2-11(3-5-13)6-7-18/h2-5,8,18H,6-7,9,15H2,1H3. The molecule has 1 heterocycles. The Morgan fingerprint density at radius 2 is 1.95 bits per heavy atom. The summed E-state index contributed by atoms with van der Waals surface area (Å²) in [6.45, 7) is 2.37. The van der Waals surface area contributed by atoms with E-state index in [0.29, 0.717) is 24.7 Å². The van der Waals surface area contributed by atoms with Crippen molar-refractivity contribution in [2.45, 2.75) is 19.9 Å². The van der Waals surface area contributed by atoms with Crippen LogP contribution in [0.3, 0.4) is 0 Å². The van der Waals surface area contributed by atoms with Gasteiger partial charge < -0.3 is 15.6 Å². The first kappa shape index (κ1) is 13.5. The Bertz CT molecular complexity index is 541. The molecule has 0 bridgehead atoms. The molecule has 19 heavy (non-hydrogen) atoms. The number of aliphatic hydroxyl groups excluding tert-OH is 1. The zero-order valence-corrected chi connectivity index (χ0v) is 10.8. The third-order valence-electron chi connectivity index (χ3n) is 2.63. The maximum absolute atomic E-state index is 8.85. The molecule has 0 atom stereocenters. The number of rotatable bonds is 5. The average molecular weight is 259 g/mol. The van der Waals surface area contributed by atoms with Gasteiger partial charge in [0.1, 0.15) is 5.75 Å². The van der Waals surface area contributed by atoms with Gasteiger partial charge in [-0.1, -0.05) is 12.1 Å². The molecule has 2 aromatic rings. The highest BCUT2D eigenvalue weighted by Gasteiger charge is 2.04. The monoisotopic (exact) mass is 259 g/mol. The molecule has 100 valence electrons. The van der Waals surface area contributed by atoms with Crippen molar-refractivity contribution >= 4 is 0 Å². The molecule has 1 aromatic heterocycles. The SMILES string of the molecule is Cc1cc(CN)nc(Oc2ccc(CCO)cc2)n1. The van der Waals surface area contributed by atoms with E-state index in [1.165, 1.54) is 0 Å². The first-order valence-electron chi connectivity index (χ1n) is 6.13. The topological polar surface area (TPSA) is 81.3 Å². The van der Waals surface area contributed by atoms with Crippen molar-refractivity contribution in [3.8, 4) is 11.8 Å². The van der Waals surface area contributed by atoms with Crippen LogP contribution in [0.5, 0.6) is 11.8 Å². The maximum Gasteiger partial charge on any atom is 0.322 e. The Balaban J connectivity index is 2.14. The van der Waals surface area contributed by atoms with Gasteiger partial charge >= 0.3 is 6.01 Å². The van der Waals surface area contributed by atoms with Gasteiger partial charge in [0.2, 0.25) is 0 Å². The van der Waals surface area contributed by atoms with Gasteiger partial charge in [0.15, 0.2) is 0 Å². The van der Waals surface area contributed by atoms with E-state index in [2.05, 4.69) is 9.97 Å². The molecule has 0 aliphatic rings. The van der Waals surface area contributed by atoms with Gasteiger partial charge in [0.25, 0.3) is 0 Å². The van der Waals surface area contributed by atoms with Gasteiger partial charge in [-0.25, -0.2) is 4.98 Å². The van der Waals surface area contributed by atoms with Crippen LogP contribution in [0.25, 0.3) is 0 Å². The highest BCUT2D eigenvalue weighted by Crippen LogP contribution is 2.19. The lowest BCUT2D eigenvalue weighted by Crippen LogP contribution is -2.03. The fraction of sp³-hybridized carbons (Fsp3) is 0.286. The summed E-state index contributed by atoms with van der Waals surface area (Å²) < 4.78 is 5.59. The van der Waals surface area contributed by atoms with Crippen LogP contribution < -0.4 is 10.5 Å². The third-order valence-corrected chi connectivity index (χ3v) is 2.63. The average Bonchev–Trinajstić information content (AvgIpc) is 2.40. The van der Waals surface area contributed by atoms with E-state index in [0.717, 1.165) is 17.0 Å². The Hall–Kier alpha value is -1.98. The summed E-state index contributed by atoms with van der Waals surface area (Å²) >= 11 is 0. The Kier molecular flexibility index (Phi) is 4.43. The summed E-state index contributed by atoms with van der Waals surface area (Å²) in [5.74, 6) is 0.662. The van der Waals surface area contributed by atoms with Gasteiger partial charge in [-0.05, 0) is 37.1 Å². The second-order valence-corrected chi connectivity index (χ2v) is 4.21. The Labute approximate surface area is 112 Å². The van der Waals surface area contributed by atoms with Gasteiger partial charge in [-0.15, -0.1) is 0 Å². The second kappa shape index (κ2) is 6.26. The van der Waals surface area contributed by atoms with Gasteiger partial charge in [0.05, 0.1) is 5.69 Å². The summed E-state index contributed by atoms with van der Waals surface area (Å²) in [5.41, 5.74) is 8.19. The molecule has 5 heteroatoms. The predicted molar refractivity (Wildman–Crippen MR) is 72.0 cm³/mol. The van der Waals surface area contributed by atoms with Crippen LogP contribution in [0.1, 0.15) is 17.0 Å². The molecule has 0 amide bonds. The summed E-state index contributed by atoms with van der Waals surface area (Å²) in [7, 11) is 0. The molecule has 2 rings (SSSR count). The molecule has 3 N–H and O–H groups in total. The molecule has 0 fully saturated rings. The minimum absolute atomic E-state index is 0.140. The third kappa shape index (κ3) is 3.74. The molecule has 0 saturated heterocycles. The van der Waals surface area contributed by atoms with Gasteiger partial charge in [0, 0.05) is 18.8 Å². The number of aromatic nitrogens is 2. The molecule has 5 nitrogen and oxygen atoms in total. The molecule has 0 radical (unpaired) electrons. The van der Waals surface area contributed by atoms with Gasteiger partial charge in [-0.3, -0.25) is 0 Å². The number of hydrogen-bond donors (Lipinski definition) is 2. The largest absolute Gasteiger partial charge is 0.424 e. The van der Waals surface area contributed by atoms with E-state index in [1.54, 1.807) is 0 Å². The van der Waals surface area contributed by atoms with E-state index in [9.17, 15) is 0 Å². The molecule has 0 aliphatic carbocycles. The molecule has 1 aromatic carbocycles. The quantitative estimate of drug-likeness (QED) is 0.851. The highest BCUT2D eigenvalue weighted by atomic mass is 16.5. The number of nitrogens with two attached hydrogens (primary N) is 1. The van der Waals surface area contributed by atoms with E-state index < -0.39 is 0 Å². The number of hydrogen-bond acceptors (Lipinski definition) is 5. The van der Waals surface area contributed by atoms with E-state index in [4.69, 9.17) is 15.6 Å². The minimum Gasteiger partial charge on any atom is -0.424 e. The Morgan fingerprint density at radius 3 is 2.58 bits per heavy atom. The summed E-state index contributed by atoms with van der Waals surface area (Å²) in [6, 6.07) is 9.61. The van der Waals surface area contributed by atoms with Crippen molar-refractivity contribution in [3.05, 3.63) is 47.3 Å². The Morgan fingerprint density at radius 1 is 1.21 bits per heavy atom. The number of nitrogens with zero attached hydrogens (tertiary/aromatic N) is 2. The normalized spacial score (nSPS) is 10.5. The van der Waals surface area contributed by atoms with Crippen molar-refractivity contribution in [1.29, 1.82) is 0 Å². The molecular weight excluding hydrogens is 242 g/mol. The fourth-order valence-electron chi connectivity index (χ4n) is 1.71. The zero-order chi connectivity index (χ0) is 13.7. The molecule has 0 aliphatic heterocycles. The van der Waals surface area contributed by atoms with Crippen LogP contribution in [0.2, 0.25) is 0 Å². The van der Waals surface area contributed by atoms with Crippen LogP contribution in [-0.2, 0) is 13.0 Å². The summed E-state index contributed by atoms with van der Waals surface area (Å²) in [4.78, 5) is 8.41. The minimum atomic E-state index is 0.140. The summed E-state index contributed by atoms with van der Waals surface area (Å²) in [5, 5.41) is 8.85. The lowest BCUT2D eigenvalue weighted by atomic mass is 10.1. The molecule has 0 saturated carbocycles. The first-order chi connectivity index (χ1) is 9.21. The lowest BCUT2D eigenvalue weighted by Gasteiger charge is -2.07. The van der Waals surface area contributed by atoms with Crippen molar-refractivity contribution in [1.82, 2.24) is 9.97 Å². The van der Waals surface area contributed by atoms with Crippen molar-refractivity contribution in [2.24, 2.45) is 5.73 Å².